The van der Waals surface area contributed by atoms with E-state index in [4.69, 9.17) is 0 Å². The highest BCUT2D eigenvalue weighted by atomic mass is 16.2. The average Bonchev–Trinajstić information content (AvgIpc) is 3.18. The van der Waals surface area contributed by atoms with Crippen LogP contribution in [0, 0.1) is 0 Å². The van der Waals surface area contributed by atoms with Gasteiger partial charge in [0.1, 0.15) is 0 Å². The minimum atomic E-state index is -0.106. The molecular weight excluding hydrogens is 288 g/mol. The van der Waals surface area contributed by atoms with E-state index in [0.717, 1.165) is 52.1 Å². The molecule has 4 rings (SSSR count). The molecule has 0 radical (unpaired) electrons. The fourth-order valence-corrected chi connectivity index (χ4v) is 3.89. The second kappa shape index (κ2) is 6.13. The Morgan fingerprint density at radius 2 is 1.87 bits per heavy atom. The second-order valence-corrected chi connectivity index (χ2v) is 7.05. The van der Waals surface area contributed by atoms with Crippen molar-refractivity contribution in [2.24, 2.45) is 0 Å². The van der Waals surface area contributed by atoms with E-state index < -0.39 is 0 Å². The summed E-state index contributed by atoms with van der Waals surface area (Å²) in [5.41, 5.74) is 1.13. The molecule has 0 unspecified atom stereocenters. The number of carbonyl (C=O) groups excluding carboxylic acids is 1. The van der Waals surface area contributed by atoms with Gasteiger partial charge >= 0.3 is 6.03 Å². The molecule has 3 fully saturated rings. The summed E-state index contributed by atoms with van der Waals surface area (Å²) in [6, 6.07) is 11.1. The Hall–Kier alpha value is -1.59. The van der Waals surface area contributed by atoms with Gasteiger partial charge in [-0.1, -0.05) is 30.3 Å². The molecule has 3 aliphatic rings. The summed E-state index contributed by atoms with van der Waals surface area (Å²) in [6.07, 6.45) is 3.34. The van der Waals surface area contributed by atoms with Gasteiger partial charge in [0.15, 0.2) is 0 Å². The third kappa shape index (κ3) is 3.08. The van der Waals surface area contributed by atoms with Gasteiger partial charge in [0.05, 0.1) is 5.54 Å². The molecule has 1 atom stereocenters. The smallest absolute Gasteiger partial charge is 0.318 e. The maximum atomic E-state index is 12.6. The number of rotatable bonds is 3. The predicted octanol–water partition coefficient (Wildman–Crippen LogP) is 1.36. The Labute approximate surface area is 138 Å². The first-order valence-corrected chi connectivity index (χ1v) is 8.84. The van der Waals surface area contributed by atoms with Crippen LogP contribution in [0.3, 0.4) is 0 Å². The van der Waals surface area contributed by atoms with E-state index in [2.05, 4.69) is 39.8 Å². The highest BCUT2D eigenvalue weighted by Crippen LogP contribution is 2.45. The molecule has 1 saturated carbocycles. The minimum Gasteiger partial charge on any atom is -0.328 e. The second-order valence-electron chi connectivity index (χ2n) is 7.05. The number of hydrogen-bond acceptors (Lipinski definition) is 3. The Kier molecular flexibility index (Phi) is 3.99. The van der Waals surface area contributed by atoms with Crippen molar-refractivity contribution in [3.05, 3.63) is 35.9 Å². The summed E-state index contributed by atoms with van der Waals surface area (Å²) < 4.78 is 0. The summed E-state index contributed by atoms with van der Waals surface area (Å²) in [7, 11) is 0. The normalized spacial score (nSPS) is 27.0. The third-order valence-electron chi connectivity index (χ3n) is 5.57. The van der Waals surface area contributed by atoms with E-state index >= 15 is 0 Å². The number of carbonyl (C=O) groups is 1. The van der Waals surface area contributed by atoms with Crippen LogP contribution in [0.25, 0.3) is 0 Å². The SMILES string of the molecule is O=C(NC1(c2ccccc2)CC1)N1CCN([C@H]2CCNC2)CC1. The summed E-state index contributed by atoms with van der Waals surface area (Å²) in [5.74, 6) is 0. The average molecular weight is 314 g/mol. The van der Waals surface area contributed by atoms with Gasteiger partial charge in [-0.25, -0.2) is 4.79 Å². The van der Waals surface area contributed by atoms with E-state index in [-0.39, 0.29) is 11.6 Å². The molecule has 2 N–H and O–H groups in total. The van der Waals surface area contributed by atoms with Crippen LogP contribution >= 0.6 is 0 Å². The van der Waals surface area contributed by atoms with Crippen molar-refractivity contribution >= 4 is 6.03 Å². The molecule has 1 aliphatic carbocycles. The van der Waals surface area contributed by atoms with Crippen LogP contribution in [0.4, 0.5) is 4.79 Å². The van der Waals surface area contributed by atoms with Gasteiger partial charge in [-0.3, -0.25) is 4.90 Å². The Morgan fingerprint density at radius 3 is 2.48 bits per heavy atom. The Bertz CT molecular complexity index is 543. The molecule has 2 saturated heterocycles. The number of nitrogens with zero attached hydrogens (tertiary/aromatic N) is 2. The maximum absolute atomic E-state index is 12.6. The van der Waals surface area contributed by atoms with Crippen molar-refractivity contribution in [2.45, 2.75) is 30.8 Å². The lowest BCUT2D eigenvalue weighted by atomic mass is 10.1. The van der Waals surface area contributed by atoms with Gasteiger partial charge < -0.3 is 15.5 Å². The maximum Gasteiger partial charge on any atom is 0.318 e. The highest BCUT2D eigenvalue weighted by Gasteiger charge is 2.46. The third-order valence-corrected chi connectivity index (χ3v) is 5.57. The van der Waals surface area contributed by atoms with Crippen LogP contribution < -0.4 is 10.6 Å². The first kappa shape index (κ1) is 15.0. The zero-order chi connectivity index (χ0) is 15.7. The summed E-state index contributed by atoms with van der Waals surface area (Å²) in [6.45, 7) is 5.91. The van der Waals surface area contributed by atoms with Crippen LogP contribution in [0.5, 0.6) is 0 Å². The van der Waals surface area contributed by atoms with Crippen LogP contribution in [-0.4, -0.2) is 61.1 Å². The molecular formula is C18H26N4O. The number of nitrogens with one attached hydrogen (secondary N) is 2. The minimum absolute atomic E-state index is 0.106. The molecule has 0 bridgehead atoms. The molecule has 2 aliphatic heterocycles. The number of urea groups is 1. The van der Waals surface area contributed by atoms with Crippen LogP contribution in [0.2, 0.25) is 0 Å². The van der Waals surface area contributed by atoms with Gasteiger partial charge in [0.25, 0.3) is 0 Å². The van der Waals surface area contributed by atoms with E-state index in [9.17, 15) is 4.79 Å². The molecule has 124 valence electrons. The number of benzene rings is 1. The van der Waals surface area contributed by atoms with Crippen molar-refractivity contribution in [2.75, 3.05) is 39.3 Å². The summed E-state index contributed by atoms with van der Waals surface area (Å²) >= 11 is 0. The highest BCUT2D eigenvalue weighted by molar-refractivity contribution is 5.76. The Balaban J connectivity index is 1.32. The van der Waals surface area contributed by atoms with Crippen molar-refractivity contribution < 1.29 is 4.79 Å². The largest absolute Gasteiger partial charge is 0.328 e. The van der Waals surface area contributed by atoms with Crippen molar-refractivity contribution in [3.8, 4) is 0 Å². The topological polar surface area (TPSA) is 47.6 Å². The van der Waals surface area contributed by atoms with Gasteiger partial charge in [-0.05, 0) is 31.4 Å². The molecule has 1 aromatic rings. The van der Waals surface area contributed by atoms with Gasteiger partial charge in [0, 0.05) is 38.8 Å². The number of hydrogen-bond donors (Lipinski definition) is 2. The Morgan fingerprint density at radius 1 is 1.13 bits per heavy atom. The van der Waals surface area contributed by atoms with Crippen LogP contribution in [0.1, 0.15) is 24.8 Å². The molecule has 0 spiro atoms. The molecule has 5 nitrogen and oxygen atoms in total. The quantitative estimate of drug-likeness (QED) is 0.886. The van der Waals surface area contributed by atoms with Crippen LogP contribution in [-0.2, 0) is 5.54 Å². The summed E-state index contributed by atoms with van der Waals surface area (Å²) in [4.78, 5) is 17.2. The first-order valence-electron chi connectivity index (χ1n) is 8.84. The lowest BCUT2D eigenvalue weighted by molar-refractivity contribution is 0.112. The summed E-state index contributed by atoms with van der Waals surface area (Å²) in [5, 5.41) is 6.72. The fraction of sp³-hybridized carbons (Fsp3) is 0.611. The van der Waals surface area contributed by atoms with Gasteiger partial charge in [0.2, 0.25) is 0 Å². The molecule has 23 heavy (non-hydrogen) atoms. The fourth-order valence-electron chi connectivity index (χ4n) is 3.89. The van der Waals surface area contributed by atoms with Crippen molar-refractivity contribution in [1.29, 1.82) is 0 Å². The van der Waals surface area contributed by atoms with Crippen molar-refractivity contribution in [1.82, 2.24) is 20.4 Å². The van der Waals surface area contributed by atoms with E-state index in [1.54, 1.807) is 0 Å². The monoisotopic (exact) mass is 314 g/mol. The lowest BCUT2D eigenvalue weighted by Gasteiger charge is -2.38. The standard InChI is InChI=1S/C18H26N4O/c23-17(20-18(7-8-18)15-4-2-1-3-5-15)22-12-10-21(11-13-22)16-6-9-19-14-16/h1-5,16,19H,6-14H2,(H,20,23)/t16-/m0/s1. The van der Waals surface area contributed by atoms with Crippen molar-refractivity contribution in [3.63, 3.8) is 0 Å². The first-order chi connectivity index (χ1) is 11.3. The number of amides is 2. The molecule has 5 heteroatoms. The molecule has 1 aromatic carbocycles. The van der Waals surface area contributed by atoms with Gasteiger partial charge in [-0.2, -0.15) is 0 Å². The molecule has 0 aromatic heterocycles. The van der Waals surface area contributed by atoms with Crippen LogP contribution in [0.15, 0.2) is 30.3 Å². The van der Waals surface area contributed by atoms with E-state index in [1.165, 1.54) is 12.0 Å². The molecule has 2 amide bonds. The van der Waals surface area contributed by atoms with E-state index in [1.807, 2.05) is 11.0 Å². The zero-order valence-electron chi connectivity index (χ0n) is 13.6. The number of piperazine rings is 1. The van der Waals surface area contributed by atoms with Gasteiger partial charge in [-0.15, -0.1) is 0 Å². The lowest BCUT2D eigenvalue weighted by Crippen LogP contribution is -2.55. The predicted molar refractivity (Wildman–Crippen MR) is 90.3 cm³/mol. The molecule has 2 heterocycles. The van der Waals surface area contributed by atoms with E-state index in [0.29, 0.717) is 6.04 Å². The zero-order valence-corrected chi connectivity index (χ0v) is 13.6.